The zero-order valence-electron chi connectivity index (χ0n) is 9.34. The van der Waals surface area contributed by atoms with E-state index in [4.69, 9.17) is 5.11 Å². The van der Waals surface area contributed by atoms with Crippen LogP contribution in [0.5, 0.6) is 0 Å². The second-order valence-electron chi connectivity index (χ2n) is 3.87. The van der Waals surface area contributed by atoms with Crippen LogP contribution in [0.1, 0.15) is 5.56 Å². The summed E-state index contributed by atoms with van der Waals surface area (Å²) >= 11 is 1.71. The van der Waals surface area contributed by atoms with Crippen LogP contribution in [0.2, 0.25) is 0 Å². The van der Waals surface area contributed by atoms with E-state index in [9.17, 15) is 9.59 Å². The maximum absolute atomic E-state index is 11.1. The van der Waals surface area contributed by atoms with Crippen LogP contribution in [0.25, 0.3) is 10.9 Å². The Morgan fingerprint density at radius 3 is 2.89 bits per heavy atom. The molecule has 1 amide bonds. The number of para-hydroxylation sites is 1. The molecule has 2 N–H and O–H groups in total. The SMILES string of the molecule is O=CN(I)[C@@H](Cc1c[nH]c2ccccc12)C(=O)O. The number of benzene rings is 1. The first-order chi connectivity index (χ1) is 8.63. The summed E-state index contributed by atoms with van der Waals surface area (Å²) in [7, 11) is 0. The normalized spacial score (nSPS) is 12.3. The van der Waals surface area contributed by atoms with E-state index in [1.807, 2.05) is 24.3 Å². The summed E-state index contributed by atoms with van der Waals surface area (Å²) in [5.74, 6) is -1.01. The summed E-state index contributed by atoms with van der Waals surface area (Å²) in [6.45, 7) is 0. The van der Waals surface area contributed by atoms with Gasteiger partial charge in [0.2, 0.25) is 6.41 Å². The predicted molar refractivity (Wildman–Crippen MR) is 75.3 cm³/mol. The van der Waals surface area contributed by atoms with E-state index in [1.165, 1.54) is 0 Å². The largest absolute Gasteiger partial charge is 0.480 e. The first-order valence-electron chi connectivity index (χ1n) is 5.30. The Bertz CT molecular complexity index is 581. The molecule has 0 unspecified atom stereocenters. The van der Waals surface area contributed by atoms with Gasteiger partial charge in [0.05, 0.1) is 22.9 Å². The maximum Gasteiger partial charge on any atom is 0.327 e. The zero-order valence-corrected chi connectivity index (χ0v) is 11.5. The van der Waals surface area contributed by atoms with Gasteiger partial charge in [-0.1, -0.05) is 18.2 Å². The predicted octanol–water partition coefficient (Wildman–Crippen LogP) is 1.97. The summed E-state index contributed by atoms with van der Waals surface area (Å²) in [6, 6.07) is 6.81. The lowest BCUT2D eigenvalue weighted by atomic mass is 10.1. The number of hydrogen-bond donors (Lipinski definition) is 2. The molecule has 0 fully saturated rings. The molecular weight excluding hydrogens is 347 g/mol. The molecule has 0 aliphatic heterocycles. The van der Waals surface area contributed by atoms with Crippen LogP contribution in [0.15, 0.2) is 30.5 Å². The van der Waals surface area contributed by atoms with Gasteiger partial charge in [-0.15, -0.1) is 0 Å². The van der Waals surface area contributed by atoms with Crippen molar-refractivity contribution in [1.82, 2.24) is 8.10 Å². The molecule has 0 aliphatic rings. The number of amides is 1. The van der Waals surface area contributed by atoms with Crippen molar-refractivity contribution in [1.29, 1.82) is 0 Å². The Kier molecular flexibility index (Phi) is 3.85. The quantitative estimate of drug-likeness (QED) is 0.488. The van der Waals surface area contributed by atoms with Crippen molar-refractivity contribution in [2.75, 3.05) is 0 Å². The molecule has 0 aliphatic carbocycles. The van der Waals surface area contributed by atoms with E-state index >= 15 is 0 Å². The Morgan fingerprint density at radius 1 is 1.50 bits per heavy atom. The highest BCUT2D eigenvalue weighted by Crippen LogP contribution is 2.21. The van der Waals surface area contributed by atoms with Gasteiger partial charge in [-0.05, 0) is 11.6 Å². The number of nitrogens with one attached hydrogen (secondary N) is 1. The van der Waals surface area contributed by atoms with Gasteiger partial charge < -0.3 is 10.1 Å². The fourth-order valence-corrected chi connectivity index (χ4v) is 2.30. The van der Waals surface area contributed by atoms with Gasteiger partial charge in [-0.25, -0.2) is 4.79 Å². The maximum atomic E-state index is 11.1. The fourth-order valence-electron chi connectivity index (χ4n) is 1.86. The Morgan fingerprint density at radius 2 is 2.22 bits per heavy atom. The van der Waals surface area contributed by atoms with E-state index in [2.05, 4.69) is 4.98 Å². The molecule has 1 aromatic carbocycles. The number of H-pyrrole nitrogens is 1. The minimum absolute atomic E-state index is 0.279. The second-order valence-corrected chi connectivity index (χ2v) is 4.98. The van der Waals surface area contributed by atoms with Gasteiger partial charge in [-0.2, -0.15) is 0 Å². The van der Waals surface area contributed by atoms with E-state index in [0.29, 0.717) is 6.41 Å². The molecule has 5 nitrogen and oxygen atoms in total. The summed E-state index contributed by atoms with van der Waals surface area (Å²) < 4.78 is 1.14. The average Bonchev–Trinajstić information content (AvgIpc) is 2.78. The summed E-state index contributed by atoms with van der Waals surface area (Å²) in [5, 5.41) is 10.1. The molecule has 0 radical (unpaired) electrons. The Hall–Kier alpha value is -1.57. The van der Waals surface area contributed by atoms with Crippen LogP contribution in [-0.2, 0) is 16.0 Å². The number of rotatable bonds is 5. The number of nitrogens with zero attached hydrogens (tertiary/aromatic N) is 1. The van der Waals surface area contributed by atoms with E-state index in [1.54, 1.807) is 29.1 Å². The minimum Gasteiger partial charge on any atom is -0.480 e. The van der Waals surface area contributed by atoms with Gasteiger partial charge in [0.15, 0.2) is 0 Å². The lowest BCUT2D eigenvalue weighted by Gasteiger charge is -2.17. The molecule has 0 spiro atoms. The number of fused-ring (bicyclic) bond motifs is 1. The van der Waals surface area contributed by atoms with Crippen molar-refractivity contribution in [3.8, 4) is 0 Å². The van der Waals surface area contributed by atoms with Crippen molar-refractivity contribution < 1.29 is 14.7 Å². The molecule has 0 saturated heterocycles. The summed E-state index contributed by atoms with van der Waals surface area (Å²) in [6.07, 6.45) is 2.59. The Labute approximate surface area is 117 Å². The van der Waals surface area contributed by atoms with Gasteiger partial charge in [0, 0.05) is 23.5 Å². The van der Waals surface area contributed by atoms with E-state index in [-0.39, 0.29) is 6.42 Å². The lowest BCUT2D eigenvalue weighted by Crippen LogP contribution is -2.35. The second kappa shape index (κ2) is 5.38. The lowest BCUT2D eigenvalue weighted by molar-refractivity contribution is -0.142. The third kappa shape index (κ3) is 2.47. The van der Waals surface area contributed by atoms with Gasteiger partial charge in [0.1, 0.15) is 6.04 Å². The van der Waals surface area contributed by atoms with Crippen molar-refractivity contribution in [3.05, 3.63) is 36.0 Å². The molecule has 18 heavy (non-hydrogen) atoms. The number of carbonyl (C=O) groups is 2. The monoisotopic (exact) mass is 358 g/mol. The molecule has 0 saturated carbocycles. The van der Waals surface area contributed by atoms with Crippen molar-refractivity contribution >= 4 is 46.1 Å². The van der Waals surface area contributed by atoms with E-state index in [0.717, 1.165) is 19.6 Å². The number of carbonyl (C=O) groups excluding carboxylic acids is 1. The molecule has 2 aromatic rings. The number of carboxylic acid groups (broad SMARTS) is 1. The molecule has 1 atom stereocenters. The van der Waals surface area contributed by atoms with Gasteiger partial charge >= 0.3 is 5.97 Å². The number of carboxylic acids is 1. The zero-order chi connectivity index (χ0) is 13.1. The first kappa shape index (κ1) is 12.9. The third-order valence-electron chi connectivity index (χ3n) is 2.77. The summed E-state index contributed by atoms with van der Waals surface area (Å²) in [5.41, 5.74) is 1.85. The standard InChI is InChI=1S/C12H11IN2O3/c13-15(7-16)11(12(17)18)5-8-6-14-10-4-2-1-3-9(8)10/h1-4,6-7,11,14H,5H2,(H,17,18)/t11-/m0/s1. The fraction of sp³-hybridized carbons (Fsp3) is 0.167. The first-order valence-corrected chi connectivity index (χ1v) is 6.27. The molecular formula is C12H11IN2O3. The molecule has 1 aromatic heterocycles. The molecule has 2 rings (SSSR count). The summed E-state index contributed by atoms with van der Waals surface area (Å²) in [4.78, 5) is 24.9. The van der Waals surface area contributed by atoms with Gasteiger partial charge in [0.25, 0.3) is 0 Å². The smallest absolute Gasteiger partial charge is 0.327 e. The topological polar surface area (TPSA) is 73.4 Å². The molecule has 6 heteroatoms. The van der Waals surface area contributed by atoms with Crippen LogP contribution < -0.4 is 0 Å². The van der Waals surface area contributed by atoms with Crippen LogP contribution in [0, 0.1) is 0 Å². The van der Waals surface area contributed by atoms with Crippen molar-refractivity contribution in [2.24, 2.45) is 0 Å². The number of aliphatic carboxylic acids is 1. The molecule has 94 valence electrons. The van der Waals surface area contributed by atoms with Gasteiger partial charge in [-0.3, -0.25) is 7.91 Å². The number of aromatic amines is 1. The highest BCUT2D eigenvalue weighted by Gasteiger charge is 2.24. The molecule has 1 heterocycles. The third-order valence-corrected chi connectivity index (χ3v) is 3.67. The van der Waals surface area contributed by atoms with Crippen LogP contribution >= 0.6 is 22.9 Å². The van der Waals surface area contributed by atoms with E-state index < -0.39 is 12.0 Å². The number of hydrogen-bond acceptors (Lipinski definition) is 2. The molecule has 0 bridgehead atoms. The number of halogens is 1. The average molecular weight is 358 g/mol. The van der Waals surface area contributed by atoms with Crippen molar-refractivity contribution in [2.45, 2.75) is 12.5 Å². The van der Waals surface area contributed by atoms with Crippen LogP contribution in [0.4, 0.5) is 0 Å². The number of aromatic nitrogens is 1. The van der Waals surface area contributed by atoms with Crippen molar-refractivity contribution in [3.63, 3.8) is 0 Å². The highest BCUT2D eigenvalue weighted by molar-refractivity contribution is 14.1. The highest BCUT2D eigenvalue weighted by atomic mass is 127. The van der Waals surface area contributed by atoms with Crippen LogP contribution in [0.3, 0.4) is 0 Å². The Balaban J connectivity index is 2.31. The minimum atomic E-state index is -1.01. The van der Waals surface area contributed by atoms with Crippen LogP contribution in [-0.4, -0.2) is 31.6 Å².